The van der Waals surface area contributed by atoms with Gasteiger partial charge in [0.05, 0.1) is 5.75 Å². The smallest absolute Gasteiger partial charge is 0.212 e. The monoisotopic (exact) mass is 245 g/mol. The molecule has 1 aliphatic heterocycles. The van der Waals surface area contributed by atoms with Crippen molar-refractivity contribution in [3.05, 3.63) is 0 Å². The van der Waals surface area contributed by atoms with Crippen LogP contribution < -0.4 is 0 Å². The minimum absolute atomic E-state index is 0.351. The van der Waals surface area contributed by atoms with E-state index in [1.54, 1.807) is 4.31 Å². The van der Waals surface area contributed by atoms with Gasteiger partial charge in [0.25, 0.3) is 0 Å². The Labute approximate surface area is 99.3 Å². The molecule has 2 fully saturated rings. The first-order valence-corrected chi connectivity index (χ1v) is 8.25. The van der Waals surface area contributed by atoms with E-state index in [0.717, 1.165) is 25.8 Å². The lowest BCUT2D eigenvalue weighted by atomic mass is 9.87. The molecule has 2 atom stereocenters. The molecule has 2 aliphatic rings. The molecule has 0 bridgehead atoms. The van der Waals surface area contributed by atoms with Gasteiger partial charge in [-0.1, -0.05) is 32.6 Å². The highest BCUT2D eigenvalue weighted by Crippen LogP contribution is 2.38. The van der Waals surface area contributed by atoms with Gasteiger partial charge >= 0.3 is 0 Å². The largest absolute Gasteiger partial charge is 0.214 e. The average Bonchev–Trinajstić information content (AvgIpc) is 2.38. The summed E-state index contributed by atoms with van der Waals surface area (Å²) in [6.45, 7) is 2.84. The van der Waals surface area contributed by atoms with Gasteiger partial charge < -0.3 is 0 Å². The molecule has 4 heteroatoms. The molecule has 3 nitrogen and oxygen atoms in total. The first kappa shape index (κ1) is 12.4. The maximum Gasteiger partial charge on any atom is 0.214 e. The summed E-state index contributed by atoms with van der Waals surface area (Å²) in [5.41, 5.74) is 0. The Bertz CT molecular complexity index is 326. The number of fused-ring (bicyclic) bond motifs is 1. The fourth-order valence-corrected chi connectivity index (χ4v) is 4.95. The molecule has 0 aromatic heterocycles. The van der Waals surface area contributed by atoms with Crippen molar-refractivity contribution < 1.29 is 8.42 Å². The quantitative estimate of drug-likeness (QED) is 0.762. The van der Waals surface area contributed by atoms with Crippen LogP contribution in [0.4, 0.5) is 0 Å². The molecule has 1 saturated heterocycles. The van der Waals surface area contributed by atoms with Crippen molar-refractivity contribution in [2.75, 3.05) is 12.3 Å². The molecule has 1 aliphatic carbocycles. The number of sulfonamides is 1. The van der Waals surface area contributed by atoms with Crippen LogP contribution in [-0.4, -0.2) is 31.1 Å². The van der Waals surface area contributed by atoms with Crippen molar-refractivity contribution in [2.24, 2.45) is 5.92 Å². The number of unbranched alkanes of at least 4 members (excludes halogenated alkanes) is 1. The number of nitrogens with zero attached hydrogens (tertiary/aromatic N) is 1. The lowest BCUT2D eigenvalue weighted by molar-refractivity contribution is 0.0941. The summed E-state index contributed by atoms with van der Waals surface area (Å²) in [7, 11) is -2.94. The molecular weight excluding hydrogens is 222 g/mol. The maximum absolute atomic E-state index is 12.1. The highest BCUT2D eigenvalue weighted by Gasteiger charge is 2.44. The van der Waals surface area contributed by atoms with Crippen molar-refractivity contribution in [3.8, 4) is 0 Å². The summed E-state index contributed by atoms with van der Waals surface area (Å²) in [6, 6.07) is 0.351. The first-order chi connectivity index (χ1) is 7.65. The third kappa shape index (κ3) is 2.43. The van der Waals surface area contributed by atoms with E-state index in [-0.39, 0.29) is 0 Å². The Balaban J connectivity index is 1.96. The Kier molecular flexibility index (Phi) is 3.90. The number of rotatable bonds is 4. The third-order valence-electron chi connectivity index (χ3n) is 4.02. The summed E-state index contributed by atoms with van der Waals surface area (Å²) in [6.07, 6.45) is 7.89. The zero-order chi connectivity index (χ0) is 11.6. The maximum atomic E-state index is 12.1. The van der Waals surface area contributed by atoms with Crippen LogP contribution in [0, 0.1) is 5.92 Å². The van der Waals surface area contributed by atoms with Crippen molar-refractivity contribution in [1.82, 2.24) is 4.31 Å². The second-order valence-electron chi connectivity index (χ2n) is 5.20. The van der Waals surface area contributed by atoms with E-state index in [2.05, 4.69) is 0 Å². The van der Waals surface area contributed by atoms with Gasteiger partial charge in [-0.15, -0.1) is 0 Å². The van der Waals surface area contributed by atoms with Crippen molar-refractivity contribution in [3.63, 3.8) is 0 Å². The van der Waals surface area contributed by atoms with Crippen LogP contribution in [0.3, 0.4) is 0 Å². The van der Waals surface area contributed by atoms with Gasteiger partial charge in [-0.05, 0) is 25.2 Å². The minimum Gasteiger partial charge on any atom is -0.212 e. The van der Waals surface area contributed by atoms with Gasteiger partial charge in [-0.25, -0.2) is 8.42 Å². The third-order valence-corrected chi connectivity index (χ3v) is 5.96. The Hall–Kier alpha value is -0.0900. The van der Waals surface area contributed by atoms with Crippen molar-refractivity contribution in [2.45, 2.75) is 57.9 Å². The molecule has 0 spiro atoms. The second-order valence-corrected chi connectivity index (χ2v) is 7.25. The lowest BCUT2D eigenvalue weighted by Crippen LogP contribution is -2.58. The predicted molar refractivity (Wildman–Crippen MR) is 65.8 cm³/mol. The van der Waals surface area contributed by atoms with Crippen molar-refractivity contribution in [1.29, 1.82) is 0 Å². The minimum atomic E-state index is -2.94. The van der Waals surface area contributed by atoms with Crippen LogP contribution in [0.5, 0.6) is 0 Å². The summed E-state index contributed by atoms with van der Waals surface area (Å²) in [4.78, 5) is 0. The van der Waals surface area contributed by atoms with E-state index in [1.807, 2.05) is 6.92 Å². The Morgan fingerprint density at radius 2 is 1.94 bits per heavy atom. The van der Waals surface area contributed by atoms with Gasteiger partial charge in [0, 0.05) is 12.6 Å². The summed E-state index contributed by atoms with van der Waals surface area (Å²) in [5.74, 6) is 1.02. The van der Waals surface area contributed by atoms with Crippen LogP contribution >= 0.6 is 0 Å². The molecule has 94 valence electrons. The molecule has 0 aromatic carbocycles. The summed E-state index contributed by atoms with van der Waals surface area (Å²) in [5, 5.41) is 0. The summed E-state index contributed by atoms with van der Waals surface area (Å²) < 4.78 is 25.9. The molecule has 0 N–H and O–H groups in total. The fourth-order valence-electron chi connectivity index (χ4n) is 2.95. The van der Waals surface area contributed by atoms with Crippen molar-refractivity contribution >= 4 is 10.0 Å². The molecule has 1 saturated carbocycles. The topological polar surface area (TPSA) is 37.4 Å². The van der Waals surface area contributed by atoms with E-state index in [9.17, 15) is 8.42 Å². The van der Waals surface area contributed by atoms with E-state index in [4.69, 9.17) is 0 Å². The zero-order valence-electron chi connectivity index (χ0n) is 10.2. The number of hydrogen-bond acceptors (Lipinski definition) is 2. The highest BCUT2D eigenvalue weighted by molar-refractivity contribution is 7.89. The van der Waals surface area contributed by atoms with Gasteiger partial charge in [0.1, 0.15) is 0 Å². The Morgan fingerprint density at radius 3 is 2.69 bits per heavy atom. The van der Waals surface area contributed by atoms with E-state index in [0.29, 0.717) is 17.7 Å². The molecule has 1 heterocycles. The molecular formula is C12H23NO2S. The predicted octanol–water partition coefficient (Wildman–Crippen LogP) is 2.38. The fraction of sp³-hybridized carbons (Fsp3) is 1.00. The van der Waals surface area contributed by atoms with Gasteiger partial charge in [-0.2, -0.15) is 4.31 Å². The van der Waals surface area contributed by atoms with E-state index >= 15 is 0 Å². The Morgan fingerprint density at radius 1 is 1.19 bits per heavy atom. The second kappa shape index (κ2) is 5.05. The van der Waals surface area contributed by atoms with Gasteiger partial charge in [0.2, 0.25) is 10.0 Å². The average molecular weight is 245 g/mol. The molecule has 0 aromatic rings. The van der Waals surface area contributed by atoms with Crippen LogP contribution in [0.15, 0.2) is 0 Å². The van der Waals surface area contributed by atoms with Gasteiger partial charge in [0.15, 0.2) is 0 Å². The summed E-state index contributed by atoms with van der Waals surface area (Å²) >= 11 is 0. The molecule has 0 unspecified atom stereocenters. The normalized spacial score (nSPS) is 31.6. The van der Waals surface area contributed by atoms with Crippen LogP contribution in [0.2, 0.25) is 0 Å². The molecule has 16 heavy (non-hydrogen) atoms. The lowest BCUT2D eigenvalue weighted by Gasteiger charge is -2.46. The number of hydrogen-bond donors (Lipinski definition) is 0. The molecule has 0 radical (unpaired) electrons. The first-order valence-electron chi connectivity index (χ1n) is 6.64. The van der Waals surface area contributed by atoms with Crippen LogP contribution in [0.1, 0.15) is 51.9 Å². The van der Waals surface area contributed by atoms with E-state index in [1.165, 1.54) is 25.7 Å². The molecule has 0 amide bonds. The van der Waals surface area contributed by atoms with E-state index < -0.39 is 10.0 Å². The van der Waals surface area contributed by atoms with Gasteiger partial charge in [-0.3, -0.25) is 0 Å². The SMILES string of the molecule is CCCCS(=O)(=O)N1C[C@H]2CCCCC[C@H]21. The highest BCUT2D eigenvalue weighted by atomic mass is 32.2. The van der Waals surface area contributed by atoms with Crippen LogP contribution in [-0.2, 0) is 10.0 Å². The standard InChI is InChI=1S/C12H23NO2S/c1-2-3-9-16(14,15)13-10-11-7-5-4-6-8-12(11)13/h11-12H,2-10H2,1H3/t11-,12-/m1/s1. The zero-order valence-corrected chi connectivity index (χ0v) is 11.0. The van der Waals surface area contributed by atoms with Crippen LogP contribution in [0.25, 0.3) is 0 Å². The molecule has 2 rings (SSSR count).